The monoisotopic (exact) mass is 275 g/mol. The minimum absolute atomic E-state index is 0. The molecular formula is C12H11Sn-. The van der Waals surface area contributed by atoms with Crippen molar-refractivity contribution in [2.45, 2.75) is 0 Å². The van der Waals surface area contributed by atoms with E-state index >= 15 is 0 Å². The van der Waals surface area contributed by atoms with Gasteiger partial charge in [0.2, 0.25) is 0 Å². The molecule has 0 nitrogen and oxygen atoms in total. The van der Waals surface area contributed by atoms with E-state index in [0.29, 0.717) is 0 Å². The molecule has 0 aliphatic carbocycles. The third-order valence-corrected chi connectivity index (χ3v) is 5.39. The van der Waals surface area contributed by atoms with Crippen LogP contribution in [0.5, 0.6) is 0 Å². The maximum atomic E-state index is 2.24. The molecule has 0 unspecified atom stereocenters. The molecule has 0 fully saturated rings. The van der Waals surface area contributed by atoms with Gasteiger partial charge in [-0.1, -0.05) is 0 Å². The van der Waals surface area contributed by atoms with Gasteiger partial charge in [0, 0.05) is 0 Å². The van der Waals surface area contributed by atoms with Crippen LogP contribution in [0.15, 0.2) is 60.7 Å². The molecule has 2 radical (unpaired) electrons. The Balaban J connectivity index is 0.000000980. The molecule has 64 valence electrons. The van der Waals surface area contributed by atoms with Crippen molar-refractivity contribution in [3.8, 4) is 0 Å². The average molecular weight is 274 g/mol. The Bertz CT molecular complexity index is 321. The van der Waals surface area contributed by atoms with Crippen LogP contribution in [-0.2, 0) is 0 Å². The summed E-state index contributed by atoms with van der Waals surface area (Å²) in [5.74, 6) is 0. The first-order chi connectivity index (χ1) is 6.45. The summed E-state index contributed by atoms with van der Waals surface area (Å²) in [6.45, 7) is 0. The Kier molecular flexibility index (Phi) is 3.03. The maximum absolute atomic E-state index is 2.24. The molecule has 0 heterocycles. The van der Waals surface area contributed by atoms with E-state index < -0.39 is 21.1 Å². The molecule has 1 heteroatoms. The van der Waals surface area contributed by atoms with Crippen LogP contribution in [0.4, 0.5) is 0 Å². The van der Waals surface area contributed by atoms with E-state index in [9.17, 15) is 0 Å². The zero-order valence-electron chi connectivity index (χ0n) is 8.27. The topological polar surface area (TPSA) is 0 Å². The molecule has 0 saturated heterocycles. The Morgan fingerprint density at radius 1 is 0.615 bits per heavy atom. The molecule has 0 amide bonds. The van der Waals surface area contributed by atoms with Crippen molar-refractivity contribution in [3.63, 3.8) is 0 Å². The van der Waals surface area contributed by atoms with Crippen LogP contribution in [0.3, 0.4) is 0 Å². The molecule has 0 N–H and O–H groups in total. The molecule has 0 atom stereocenters. The van der Waals surface area contributed by atoms with Crippen molar-refractivity contribution in [1.29, 1.82) is 0 Å². The number of hydrogen-bond acceptors (Lipinski definition) is 0. The molecule has 2 aromatic carbocycles. The molecule has 0 spiro atoms. The second-order valence-electron chi connectivity index (χ2n) is 2.86. The molecule has 0 saturated carbocycles. The van der Waals surface area contributed by atoms with Gasteiger partial charge in [-0.3, -0.25) is 0 Å². The second kappa shape index (κ2) is 4.47. The van der Waals surface area contributed by atoms with Gasteiger partial charge < -0.3 is 1.43 Å². The Morgan fingerprint density at radius 2 is 1.00 bits per heavy atom. The van der Waals surface area contributed by atoms with Crippen LogP contribution in [0, 0.1) is 0 Å². The third-order valence-electron chi connectivity index (χ3n) is 1.84. The summed E-state index contributed by atoms with van der Waals surface area (Å²) < 4.78 is 3.08. The van der Waals surface area contributed by atoms with Gasteiger partial charge in [-0.2, -0.15) is 0 Å². The molecule has 2 rings (SSSR count). The zero-order chi connectivity index (χ0) is 8.93. The third kappa shape index (κ3) is 2.59. The number of benzene rings is 2. The van der Waals surface area contributed by atoms with Gasteiger partial charge in [-0.25, -0.2) is 0 Å². The van der Waals surface area contributed by atoms with Gasteiger partial charge in [-0.05, 0) is 0 Å². The van der Waals surface area contributed by atoms with Crippen molar-refractivity contribution >= 4 is 28.3 Å². The zero-order valence-corrected chi connectivity index (χ0v) is 10.1. The molecule has 0 aromatic heterocycles. The standard InChI is InChI=1S/2C6H5.Sn.H/c2*1-2-4-6-5-3-1;;/h2*1-5H;;/q;;;-1. The molecular weight excluding hydrogens is 263 g/mol. The normalized spacial score (nSPS) is 9.85. The summed E-state index contributed by atoms with van der Waals surface area (Å²) in [5.41, 5.74) is 0. The fourth-order valence-corrected chi connectivity index (χ4v) is 4.21. The quantitative estimate of drug-likeness (QED) is 0.727. The summed E-state index contributed by atoms with van der Waals surface area (Å²) in [5, 5.41) is 0. The average Bonchev–Trinajstić information content (AvgIpc) is 2.21. The summed E-state index contributed by atoms with van der Waals surface area (Å²) in [7, 11) is 0. The fraction of sp³-hybridized carbons (Fsp3) is 0. The molecule has 0 bridgehead atoms. The van der Waals surface area contributed by atoms with Gasteiger partial charge >= 0.3 is 89.0 Å². The number of rotatable bonds is 2. The van der Waals surface area contributed by atoms with Crippen LogP contribution < -0.4 is 7.16 Å². The van der Waals surface area contributed by atoms with Gasteiger partial charge in [0.15, 0.2) is 0 Å². The van der Waals surface area contributed by atoms with E-state index in [1.807, 2.05) is 0 Å². The molecule has 2 aromatic rings. The van der Waals surface area contributed by atoms with E-state index in [4.69, 9.17) is 0 Å². The Labute approximate surface area is 90.3 Å². The van der Waals surface area contributed by atoms with Crippen LogP contribution >= 0.6 is 0 Å². The summed E-state index contributed by atoms with van der Waals surface area (Å²) in [6, 6.07) is 21.6. The van der Waals surface area contributed by atoms with Gasteiger partial charge in [0.05, 0.1) is 0 Å². The summed E-state index contributed by atoms with van der Waals surface area (Å²) >= 11 is -0.517. The van der Waals surface area contributed by atoms with E-state index in [1.165, 1.54) is 7.16 Å². The van der Waals surface area contributed by atoms with Crippen LogP contribution in [-0.4, -0.2) is 21.1 Å². The SMILES string of the molecule is [H-].c1cc[c]([Sn][c]2ccccc2)cc1. The van der Waals surface area contributed by atoms with Gasteiger partial charge in [0.25, 0.3) is 0 Å². The van der Waals surface area contributed by atoms with Gasteiger partial charge in [0.1, 0.15) is 0 Å². The van der Waals surface area contributed by atoms with Crippen LogP contribution in [0.2, 0.25) is 0 Å². The van der Waals surface area contributed by atoms with Crippen molar-refractivity contribution in [3.05, 3.63) is 60.7 Å². The van der Waals surface area contributed by atoms with Crippen molar-refractivity contribution in [2.75, 3.05) is 0 Å². The van der Waals surface area contributed by atoms with Crippen LogP contribution in [0.25, 0.3) is 0 Å². The predicted octanol–water partition coefficient (Wildman–Crippen LogP) is 1.45. The van der Waals surface area contributed by atoms with E-state index in [1.54, 1.807) is 0 Å². The minimum atomic E-state index is -0.517. The summed E-state index contributed by atoms with van der Waals surface area (Å²) in [6.07, 6.45) is 0. The second-order valence-corrected chi connectivity index (χ2v) is 6.87. The van der Waals surface area contributed by atoms with E-state index in [2.05, 4.69) is 60.7 Å². The Morgan fingerprint density at radius 3 is 1.38 bits per heavy atom. The first kappa shape index (κ1) is 8.82. The van der Waals surface area contributed by atoms with Crippen LogP contribution in [0.1, 0.15) is 1.43 Å². The number of hydrogen-bond donors (Lipinski definition) is 0. The van der Waals surface area contributed by atoms with Crippen molar-refractivity contribution < 1.29 is 1.43 Å². The molecule has 13 heavy (non-hydrogen) atoms. The fourth-order valence-electron chi connectivity index (χ4n) is 1.21. The van der Waals surface area contributed by atoms with Crippen molar-refractivity contribution in [2.24, 2.45) is 0 Å². The first-order valence-corrected chi connectivity index (χ1v) is 7.18. The first-order valence-electron chi connectivity index (χ1n) is 4.32. The van der Waals surface area contributed by atoms with E-state index in [0.717, 1.165) is 0 Å². The Hall–Kier alpha value is -0.761. The summed E-state index contributed by atoms with van der Waals surface area (Å²) in [4.78, 5) is 0. The van der Waals surface area contributed by atoms with Gasteiger partial charge in [-0.15, -0.1) is 0 Å². The molecule has 0 aliphatic rings. The molecule has 0 aliphatic heterocycles. The van der Waals surface area contributed by atoms with Crippen molar-refractivity contribution in [1.82, 2.24) is 0 Å². The van der Waals surface area contributed by atoms with E-state index in [-0.39, 0.29) is 1.43 Å². The predicted molar refractivity (Wildman–Crippen MR) is 59.0 cm³/mol.